The van der Waals surface area contributed by atoms with Gasteiger partial charge in [0.15, 0.2) is 0 Å². The van der Waals surface area contributed by atoms with Crippen molar-refractivity contribution in [1.82, 2.24) is 24.8 Å². The van der Waals surface area contributed by atoms with Crippen LogP contribution in [0.2, 0.25) is 0 Å². The van der Waals surface area contributed by atoms with E-state index in [9.17, 15) is 4.79 Å². The van der Waals surface area contributed by atoms with E-state index in [1.54, 1.807) is 17.5 Å². The Morgan fingerprint density at radius 1 is 1.32 bits per heavy atom. The van der Waals surface area contributed by atoms with E-state index in [0.29, 0.717) is 17.3 Å². The van der Waals surface area contributed by atoms with Crippen LogP contribution >= 0.6 is 11.3 Å². The lowest BCUT2D eigenvalue weighted by molar-refractivity contribution is 0.0782. The van der Waals surface area contributed by atoms with Crippen molar-refractivity contribution in [3.05, 3.63) is 39.4 Å². The quantitative estimate of drug-likeness (QED) is 0.821. The van der Waals surface area contributed by atoms with Gasteiger partial charge in [0, 0.05) is 37.3 Å². The van der Waals surface area contributed by atoms with E-state index in [1.165, 1.54) is 4.88 Å². The Kier molecular flexibility index (Phi) is 5.44. The van der Waals surface area contributed by atoms with Crippen molar-refractivity contribution in [3.8, 4) is 0 Å². The number of amides is 1. The van der Waals surface area contributed by atoms with Gasteiger partial charge in [-0.15, -0.1) is 11.3 Å². The molecule has 1 atom stereocenters. The first kappa shape index (κ1) is 17.9. The van der Waals surface area contributed by atoms with Gasteiger partial charge in [0.1, 0.15) is 5.82 Å². The van der Waals surface area contributed by atoms with E-state index in [1.807, 2.05) is 24.3 Å². The minimum absolute atomic E-state index is 0.0564. The number of hydrogen-bond acceptors (Lipinski definition) is 6. The van der Waals surface area contributed by atoms with Gasteiger partial charge in [0.05, 0.1) is 22.5 Å². The Balaban J connectivity index is 1.56. The highest BCUT2D eigenvalue weighted by atomic mass is 32.1. The van der Waals surface area contributed by atoms with Gasteiger partial charge in [0.2, 0.25) is 0 Å². The molecule has 25 heavy (non-hydrogen) atoms. The predicted octanol–water partition coefficient (Wildman–Crippen LogP) is 2.45. The summed E-state index contributed by atoms with van der Waals surface area (Å²) in [6.45, 7) is 9.30. The van der Waals surface area contributed by atoms with Gasteiger partial charge in [-0.2, -0.15) is 0 Å². The minimum atomic E-state index is 0.0564. The van der Waals surface area contributed by atoms with Gasteiger partial charge in [-0.05, 0) is 40.2 Å². The number of aromatic nitrogens is 3. The average molecular weight is 359 g/mol. The summed E-state index contributed by atoms with van der Waals surface area (Å²) >= 11 is 1.71. The molecule has 0 bridgehead atoms. The van der Waals surface area contributed by atoms with Crippen molar-refractivity contribution < 1.29 is 4.79 Å². The second kappa shape index (κ2) is 7.58. The zero-order valence-electron chi connectivity index (χ0n) is 15.3. The van der Waals surface area contributed by atoms with Crippen molar-refractivity contribution >= 4 is 17.2 Å². The molecule has 0 aliphatic carbocycles. The first-order chi connectivity index (χ1) is 11.9. The van der Waals surface area contributed by atoms with E-state index < -0.39 is 0 Å². The summed E-state index contributed by atoms with van der Waals surface area (Å²) < 4.78 is 0. The third-order valence-corrected chi connectivity index (χ3v) is 5.65. The third-order valence-electron chi connectivity index (χ3n) is 4.73. The molecule has 0 spiro atoms. The molecule has 1 aliphatic rings. The lowest BCUT2D eigenvalue weighted by Crippen LogP contribution is -2.32. The molecular weight excluding hydrogens is 334 g/mol. The van der Waals surface area contributed by atoms with Crippen LogP contribution in [0, 0.1) is 26.7 Å². The lowest BCUT2D eigenvalue weighted by Gasteiger charge is -2.21. The zero-order chi connectivity index (χ0) is 18.0. The molecule has 2 aromatic rings. The fraction of sp³-hybridized carbons (Fsp3) is 0.556. The molecule has 0 saturated carbocycles. The first-order valence-corrected chi connectivity index (χ1v) is 9.49. The molecule has 3 heterocycles. The molecule has 1 aliphatic heterocycles. The fourth-order valence-corrected chi connectivity index (χ4v) is 4.21. The number of carbonyl (C=O) groups is 1. The summed E-state index contributed by atoms with van der Waals surface area (Å²) in [5, 5.41) is 0. The number of hydrogen-bond donors (Lipinski definition) is 0. The second-order valence-electron chi connectivity index (χ2n) is 6.88. The highest BCUT2D eigenvalue weighted by Gasteiger charge is 2.29. The molecule has 1 fully saturated rings. The zero-order valence-corrected chi connectivity index (χ0v) is 16.1. The van der Waals surface area contributed by atoms with Crippen LogP contribution in [0.3, 0.4) is 0 Å². The topological polar surface area (TPSA) is 62.2 Å². The third kappa shape index (κ3) is 4.22. The Labute approximate surface area is 152 Å². The second-order valence-corrected chi connectivity index (χ2v) is 7.82. The number of aryl methyl sites for hydroxylation is 3. The molecule has 0 N–H and O–H groups in total. The van der Waals surface area contributed by atoms with Gasteiger partial charge in [-0.1, -0.05) is 0 Å². The fourth-order valence-electron chi connectivity index (χ4n) is 3.36. The summed E-state index contributed by atoms with van der Waals surface area (Å²) in [6, 6.07) is 0. The maximum absolute atomic E-state index is 12.7. The molecule has 3 rings (SSSR count). The lowest BCUT2D eigenvalue weighted by atomic mass is 10.1. The molecule has 0 aromatic carbocycles. The molecule has 134 valence electrons. The van der Waals surface area contributed by atoms with Crippen LogP contribution in [0.25, 0.3) is 0 Å². The average Bonchev–Trinajstić information content (AvgIpc) is 3.16. The Hall–Kier alpha value is -1.86. The van der Waals surface area contributed by atoms with Gasteiger partial charge < -0.3 is 9.80 Å². The number of nitrogens with zero attached hydrogens (tertiary/aromatic N) is 5. The smallest absolute Gasteiger partial charge is 0.257 e. The van der Waals surface area contributed by atoms with Crippen LogP contribution in [0.4, 0.5) is 0 Å². The number of likely N-dealkylation sites (tertiary alicyclic amines) is 1. The van der Waals surface area contributed by atoms with Crippen LogP contribution in [0.1, 0.15) is 38.9 Å². The summed E-state index contributed by atoms with van der Waals surface area (Å²) in [5.41, 5.74) is 4.41. The van der Waals surface area contributed by atoms with E-state index in [4.69, 9.17) is 0 Å². The summed E-state index contributed by atoms with van der Waals surface area (Å²) in [7, 11) is 2.14. The van der Waals surface area contributed by atoms with E-state index in [-0.39, 0.29) is 5.91 Å². The highest BCUT2D eigenvalue weighted by Crippen LogP contribution is 2.22. The van der Waals surface area contributed by atoms with Crippen molar-refractivity contribution in [2.45, 2.75) is 33.7 Å². The van der Waals surface area contributed by atoms with E-state index >= 15 is 0 Å². The molecule has 0 unspecified atom stereocenters. The Bertz CT molecular complexity index is 760. The SMILES string of the molecule is Cc1ncc(C(=O)N2CC[C@H](CN(C)Cc3scnc3C)C2)c(C)n1. The highest BCUT2D eigenvalue weighted by molar-refractivity contribution is 7.09. The maximum Gasteiger partial charge on any atom is 0.257 e. The summed E-state index contributed by atoms with van der Waals surface area (Å²) in [5.74, 6) is 1.27. The molecule has 7 heteroatoms. The molecule has 2 aromatic heterocycles. The van der Waals surface area contributed by atoms with E-state index in [2.05, 4.69) is 33.8 Å². The summed E-state index contributed by atoms with van der Waals surface area (Å²) in [6.07, 6.45) is 2.70. The van der Waals surface area contributed by atoms with Gasteiger partial charge in [-0.25, -0.2) is 15.0 Å². The number of thiazole rings is 1. The predicted molar refractivity (Wildman–Crippen MR) is 98.7 cm³/mol. The minimum Gasteiger partial charge on any atom is -0.338 e. The van der Waals surface area contributed by atoms with Crippen LogP contribution in [-0.4, -0.2) is 57.3 Å². The molecule has 6 nitrogen and oxygen atoms in total. The molecule has 0 radical (unpaired) electrons. The molecule has 1 saturated heterocycles. The van der Waals surface area contributed by atoms with Crippen LogP contribution in [-0.2, 0) is 6.54 Å². The normalized spacial score (nSPS) is 17.5. The molecular formula is C18H25N5OS. The van der Waals surface area contributed by atoms with Gasteiger partial charge in [-0.3, -0.25) is 4.79 Å². The standard InChI is InChI=1S/C18H25N5OS/c1-12-16(7-19-14(3)21-12)18(24)23-6-5-15(9-23)8-22(4)10-17-13(2)20-11-25-17/h7,11,15H,5-6,8-10H2,1-4H3/t15-/m1/s1. The monoisotopic (exact) mass is 359 g/mol. The van der Waals surface area contributed by atoms with Crippen molar-refractivity contribution in [1.29, 1.82) is 0 Å². The molecule has 1 amide bonds. The van der Waals surface area contributed by atoms with E-state index in [0.717, 1.165) is 44.0 Å². The van der Waals surface area contributed by atoms with Crippen molar-refractivity contribution in [2.75, 3.05) is 26.7 Å². The Morgan fingerprint density at radius 2 is 2.12 bits per heavy atom. The van der Waals surface area contributed by atoms with Crippen LogP contribution in [0.15, 0.2) is 11.7 Å². The largest absolute Gasteiger partial charge is 0.338 e. The summed E-state index contributed by atoms with van der Waals surface area (Å²) in [4.78, 5) is 31.1. The van der Waals surface area contributed by atoms with Crippen LogP contribution in [0.5, 0.6) is 0 Å². The van der Waals surface area contributed by atoms with Crippen molar-refractivity contribution in [2.24, 2.45) is 5.92 Å². The first-order valence-electron chi connectivity index (χ1n) is 8.61. The van der Waals surface area contributed by atoms with Gasteiger partial charge in [0.25, 0.3) is 5.91 Å². The van der Waals surface area contributed by atoms with Gasteiger partial charge >= 0.3 is 0 Å². The maximum atomic E-state index is 12.7. The number of carbonyl (C=O) groups excluding carboxylic acids is 1. The van der Waals surface area contributed by atoms with Crippen molar-refractivity contribution in [3.63, 3.8) is 0 Å². The Morgan fingerprint density at radius 3 is 2.80 bits per heavy atom. The van der Waals surface area contributed by atoms with Crippen LogP contribution < -0.4 is 0 Å². The number of rotatable bonds is 5.